The molecule has 0 radical (unpaired) electrons. The molecule has 0 aliphatic carbocycles. The average Bonchev–Trinajstić information content (AvgIpc) is 2.62. The van der Waals surface area contributed by atoms with Gasteiger partial charge in [-0.2, -0.15) is 0 Å². The monoisotopic (exact) mass is 371 g/mol. The largest absolute Gasteiger partial charge is 0.366 e. The van der Waals surface area contributed by atoms with Crippen LogP contribution < -0.4 is 10.0 Å². The van der Waals surface area contributed by atoms with Gasteiger partial charge in [-0.25, -0.2) is 17.5 Å². The number of nitrogens with zero attached hydrogens (tertiary/aromatic N) is 1. The maximum absolute atomic E-state index is 12.9. The van der Waals surface area contributed by atoms with Crippen LogP contribution in [0.2, 0.25) is 0 Å². The van der Waals surface area contributed by atoms with Crippen LogP contribution in [-0.2, 0) is 19.6 Å². The molecule has 0 bridgehead atoms. The summed E-state index contributed by atoms with van der Waals surface area (Å²) in [5.74, 6) is -0.530. The molecule has 2 N–H and O–H groups in total. The lowest BCUT2D eigenvalue weighted by atomic mass is 10.1. The van der Waals surface area contributed by atoms with Crippen LogP contribution in [0, 0.1) is 5.82 Å². The Kier molecular flexibility index (Phi) is 5.67. The van der Waals surface area contributed by atoms with Crippen LogP contribution in [0.5, 0.6) is 0 Å². The quantitative estimate of drug-likeness (QED) is 0.783. The summed E-state index contributed by atoms with van der Waals surface area (Å²) in [6.07, 6.45) is 0.611. The lowest BCUT2D eigenvalue weighted by molar-refractivity contribution is -0.146. The second kappa shape index (κ2) is 7.77. The van der Waals surface area contributed by atoms with E-state index >= 15 is 0 Å². The highest BCUT2D eigenvalue weighted by molar-refractivity contribution is 7.89. The third kappa shape index (κ3) is 4.55. The van der Waals surface area contributed by atoms with Crippen LogP contribution in [0.4, 0.5) is 4.39 Å². The maximum Gasteiger partial charge on any atom is 0.253 e. The number of amides is 1. The molecule has 2 fully saturated rings. The number of morpholine rings is 1. The molecule has 1 aromatic carbocycles. The second-order valence-corrected chi connectivity index (χ2v) is 7.95. The van der Waals surface area contributed by atoms with Crippen molar-refractivity contribution in [1.29, 1.82) is 0 Å². The summed E-state index contributed by atoms with van der Waals surface area (Å²) >= 11 is 0. The highest BCUT2D eigenvalue weighted by Crippen LogP contribution is 2.17. The number of nitrogens with one attached hydrogen (secondary N) is 2. The van der Waals surface area contributed by atoms with Crippen molar-refractivity contribution < 1.29 is 22.3 Å². The van der Waals surface area contributed by atoms with E-state index in [1.54, 1.807) is 4.90 Å². The second-order valence-electron chi connectivity index (χ2n) is 6.24. The van der Waals surface area contributed by atoms with Crippen LogP contribution >= 0.6 is 0 Å². The van der Waals surface area contributed by atoms with Gasteiger partial charge >= 0.3 is 0 Å². The smallest absolute Gasteiger partial charge is 0.253 e. The standard InChI is InChI=1S/C16H22FN3O4S/c17-12-1-3-14(4-2-12)25(22,23)19-13-5-8-20(9-6-13)16(21)15-11-18-7-10-24-15/h1-4,13,15,18-19H,5-11H2. The fourth-order valence-corrected chi connectivity index (χ4v) is 4.35. The molecule has 1 atom stereocenters. The third-order valence-corrected chi connectivity index (χ3v) is 5.99. The van der Waals surface area contributed by atoms with E-state index in [1.807, 2.05) is 0 Å². The third-order valence-electron chi connectivity index (χ3n) is 4.46. The summed E-state index contributed by atoms with van der Waals surface area (Å²) in [4.78, 5) is 14.1. The maximum atomic E-state index is 12.9. The Morgan fingerprint density at radius 2 is 1.92 bits per heavy atom. The molecular weight excluding hydrogens is 349 g/mol. The number of carbonyl (C=O) groups excluding carboxylic acids is 1. The zero-order chi connectivity index (χ0) is 17.9. The van der Waals surface area contributed by atoms with Crippen LogP contribution in [0.25, 0.3) is 0 Å². The lowest BCUT2D eigenvalue weighted by Crippen LogP contribution is -2.53. The fraction of sp³-hybridized carbons (Fsp3) is 0.562. The van der Waals surface area contributed by atoms with Gasteiger partial charge < -0.3 is 15.0 Å². The molecule has 0 saturated carbocycles. The first-order valence-electron chi connectivity index (χ1n) is 8.35. The molecule has 1 unspecified atom stereocenters. The van der Waals surface area contributed by atoms with Gasteiger partial charge in [0.05, 0.1) is 11.5 Å². The molecule has 2 aliphatic rings. The summed E-state index contributed by atoms with van der Waals surface area (Å²) in [6, 6.07) is 4.47. The van der Waals surface area contributed by atoms with E-state index < -0.39 is 21.9 Å². The van der Waals surface area contributed by atoms with Crippen LogP contribution in [-0.4, -0.2) is 64.2 Å². The number of rotatable bonds is 4. The van der Waals surface area contributed by atoms with Gasteiger partial charge in [0.25, 0.3) is 5.91 Å². The number of likely N-dealkylation sites (tertiary alicyclic amines) is 1. The Balaban J connectivity index is 1.53. The Bertz CT molecular complexity index is 697. The molecule has 2 aliphatic heterocycles. The first-order valence-corrected chi connectivity index (χ1v) is 9.83. The number of piperidine rings is 1. The van der Waals surface area contributed by atoms with E-state index in [-0.39, 0.29) is 16.8 Å². The molecule has 1 amide bonds. The highest BCUT2D eigenvalue weighted by Gasteiger charge is 2.31. The van der Waals surface area contributed by atoms with Crippen molar-refractivity contribution in [2.24, 2.45) is 0 Å². The Labute approximate surface area is 146 Å². The molecule has 25 heavy (non-hydrogen) atoms. The minimum Gasteiger partial charge on any atom is -0.366 e. The van der Waals surface area contributed by atoms with Gasteiger partial charge in [0, 0.05) is 32.2 Å². The van der Waals surface area contributed by atoms with Crippen molar-refractivity contribution in [1.82, 2.24) is 14.9 Å². The van der Waals surface area contributed by atoms with Crippen LogP contribution in [0.1, 0.15) is 12.8 Å². The number of sulfonamides is 1. The van der Waals surface area contributed by atoms with Gasteiger partial charge in [0.2, 0.25) is 10.0 Å². The van der Waals surface area contributed by atoms with Crippen molar-refractivity contribution in [3.05, 3.63) is 30.1 Å². The van der Waals surface area contributed by atoms with Crippen LogP contribution in [0.3, 0.4) is 0 Å². The molecule has 0 spiro atoms. The van der Waals surface area contributed by atoms with Crippen molar-refractivity contribution in [3.8, 4) is 0 Å². The number of carbonyl (C=O) groups is 1. The summed E-state index contributed by atoms with van der Waals surface area (Å²) in [5, 5.41) is 3.13. The minimum atomic E-state index is -3.69. The Morgan fingerprint density at radius 1 is 1.24 bits per heavy atom. The van der Waals surface area contributed by atoms with Crippen molar-refractivity contribution >= 4 is 15.9 Å². The Morgan fingerprint density at radius 3 is 2.52 bits per heavy atom. The highest BCUT2D eigenvalue weighted by atomic mass is 32.2. The summed E-state index contributed by atoms with van der Waals surface area (Å²) in [5.41, 5.74) is 0. The Hall–Kier alpha value is -1.55. The summed E-state index contributed by atoms with van der Waals surface area (Å²) in [7, 11) is -3.69. The van der Waals surface area contributed by atoms with Gasteiger partial charge in [-0.3, -0.25) is 4.79 Å². The molecule has 138 valence electrons. The van der Waals surface area contributed by atoms with Crippen LogP contribution in [0.15, 0.2) is 29.2 Å². The molecular formula is C16H22FN3O4S. The zero-order valence-corrected chi connectivity index (χ0v) is 14.6. The topological polar surface area (TPSA) is 87.7 Å². The van der Waals surface area contributed by atoms with E-state index in [4.69, 9.17) is 4.74 Å². The molecule has 1 aromatic rings. The number of ether oxygens (including phenoxy) is 1. The van der Waals surface area contributed by atoms with E-state index in [2.05, 4.69) is 10.0 Å². The molecule has 3 rings (SSSR count). The van der Waals surface area contributed by atoms with Gasteiger partial charge in [0.1, 0.15) is 11.9 Å². The predicted octanol–water partition coefficient (Wildman–Crippen LogP) is 0.0834. The first kappa shape index (κ1) is 18.2. The summed E-state index contributed by atoms with van der Waals surface area (Å²) < 4.78 is 45.7. The molecule has 7 nitrogen and oxygen atoms in total. The van der Waals surface area contributed by atoms with E-state index in [1.165, 1.54) is 12.1 Å². The predicted molar refractivity (Wildman–Crippen MR) is 88.9 cm³/mol. The molecule has 2 saturated heterocycles. The lowest BCUT2D eigenvalue weighted by Gasteiger charge is -2.35. The van der Waals surface area contributed by atoms with E-state index in [9.17, 15) is 17.6 Å². The van der Waals surface area contributed by atoms with E-state index in [0.717, 1.165) is 18.7 Å². The number of hydrogen-bond acceptors (Lipinski definition) is 5. The number of hydrogen-bond donors (Lipinski definition) is 2. The molecule has 2 heterocycles. The van der Waals surface area contributed by atoms with Gasteiger partial charge in [0.15, 0.2) is 0 Å². The SMILES string of the molecule is O=C(C1CNCCO1)N1CCC(NS(=O)(=O)c2ccc(F)cc2)CC1. The van der Waals surface area contributed by atoms with Crippen molar-refractivity contribution in [3.63, 3.8) is 0 Å². The fourth-order valence-electron chi connectivity index (χ4n) is 3.05. The average molecular weight is 371 g/mol. The zero-order valence-electron chi connectivity index (χ0n) is 13.8. The minimum absolute atomic E-state index is 0.0362. The molecule has 0 aromatic heterocycles. The number of benzene rings is 1. The first-order chi connectivity index (χ1) is 12.0. The van der Waals surface area contributed by atoms with E-state index in [0.29, 0.717) is 39.1 Å². The van der Waals surface area contributed by atoms with Gasteiger partial charge in [-0.05, 0) is 37.1 Å². The normalized spacial score (nSPS) is 22.8. The number of halogens is 1. The van der Waals surface area contributed by atoms with Crippen molar-refractivity contribution in [2.75, 3.05) is 32.8 Å². The molecule has 9 heteroatoms. The summed E-state index contributed by atoms with van der Waals surface area (Å²) in [6.45, 7) is 2.74. The van der Waals surface area contributed by atoms with Gasteiger partial charge in [-0.15, -0.1) is 0 Å². The van der Waals surface area contributed by atoms with Crippen molar-refractivity contribution in [2.45, 2.75) is 29.9 Å². The van der Waals surface area contributed by atoms with Gasteiger partial charge in [-0.1, -0.05) is 0 Å².